The summed E-state index contributed by atoms with van der Waals surface area (Å²) in [4.78, 5) is 14.3. The van der Waals surface area contributed by atoms with E-state index in [1.54, 1.807) is 32.9 Å². The van der Waals surface area contributed by atoms with Crippen LogP contribution in [0.1, 0.15) is 28.7 Å². The summed E-state index contributed by atoms with van der Waals surface area (Å²) in [6.45, 7) is 6.84. The number of piperazine rings is 1. The van der Waals surface area contributed by atoms with Crippen LogP contribution in [0.2, 0.25) is 0 Å². The van der Waals surface area contributed by atoms with Gasteiger partial charge in [-0.25, -0.2) is 13.2 Å². The molecule has 8 nitrogen and oxygen atoms in total. The maximum atomic E-state index is 12.9. The summed E-state index contributed by atoms with van der Waals surface area (Å²) in [6, 6.07) is 7.21. The summed E-state index contributed by atoms with van der Waals surface area (Å²) in [5, 5.41) is 3.75. The first-order valence-corrected chi connectivity index (χ1v) is 10.2. The average Bonchev–Trinajstić information content (AvgIpc) is 3.01. The smallest absolute Gasteiger partial charge is 0.340 e. The third-order valence-electron chi connectivity index (χ3n) is 4.54. The molecule has 1 saturated heterocycles. The first-order chi connectivity index (χ1) is 12.9. The highest BCUT2D eigenvalue weighted by Crippen LogP contribution is 2.27. The molecule has 27 heavy (non-hydrogen) atoms. The van der Waals surface area contributed by atoms with E-state index in [1.807, 2.05) is 17.0 Å². The molecule has 0 amide bonds. The molecule has 0 unspecified atom stereocenters. The Bertz CT molecular complexity index is 911. The van der Waals surface area contributed by atoms with Crippen LogP contribution in [0, 0.1) is 13.8 Å². The number of ether oxygens (including phenoxy) is 1. The third-order valence-corrected chi connectivity index (χ3v) is 6.69. The van der Waals surface area contributed by atoms with Gasteiger partial charge in [0.25, 0.3) is 0 Å². The van der Waals surface area contributed by atoms with Gasteiger partial charge in [-0.15, -0.1) is 0 Å². The zero-order chi connectivity index (χ0) is 19.6. The Kier molecular flexibility index (Phi) is 5.52. The lowest BCUT2D eigenvalue weighted by Gasteiger charge is -2.36. The zero-order valence-corrected chi connectivity index (χ0v) is 16.5. The van der Waals surface area contributed by atoms with Gasteiger partial charge in [-0.2, -0.15) is 4.31 Å². The summed E-state index contributed by atoms with van der Waals surface area (Å²) in [5.41, 5.74) is 1.61. The molecule has 0 saturated carbocycles. The Morgan fingerprint density at radius 3 is 2.44 bits per heavy atom. The van der Waals surface area contributed by atoms with Gasteiger partial charge >= 0.3 is 5.97 Å². The number of para-hydroxylation sites is 1. The lowest BCUT2D eigenvalue weighted by molar-refractivity contribution is 0.0527. The largest absolute Gasteiger partial charge is 0.462 e. The average molecular weight is 393 g/mol. The van der Waals surface area contributed by atoms with E-state index in [2.05, 4.69) is 5.16 Å². The highest BCUT2D eigenvalue weighted by molar-refractivity contribution is 7.89. The summed E-state index contributed by atoms with van der Waals surface area (Å²) in [7, 11) is -3.66. The molecule has 0 bridgehead atoms. The monoisotopic (exact) mass is 393 g/mol. The number of hydrogen-bond donors (Lipinski definition) is 0. The molecule has 1 aromatic carbocycles. The van der Waals surface area contributed by atoms with Crippen molar-refractivity contribution in [1.29, 1.82) is 0 Å². The number of rotatable bonds is 5. The van der Waals surface area contributed by atoms with E-state index in [0.29, 0.717) is 49.8 Å². The van der Waals surface area contributed by atoms with Crippen molar-refractivity contribution in [3.63, 3.8) is 0 Å². The second-order valence-corrected chi connectivity index (χ2v) is 8.16. The number of hydrogen-bond acceptors (Lipinski definition) is 7. The van der Waals surface area contributed by atoms with E-state index in [9.17, 15) is 13.2 Å². The van der Waals surface area contributed by atoms with Crippen molar-refractivity contribution in [3.05, 3.63) is 41.3 Å². The second kappa shape index (κ2) is 7.69. The van der Waals surface area contributed by atoms with Crippen LogP contribution in [0.15, 0.2) is 33.7 Å². The third kappa shape index (κ3) is 3.70. The molecule has 2 heterocycles. The van der Waals surface area contributed by atoms with Crippen molar-refractivity contribution in [2.45, 2.75) is 25.7 Å². The van der Waals surface area contributed by atoms with E-state index >= 15 is 0 Å². The van der Waals surface area contributed by atoms with Gasteiger partial charge in [-0.3, -0.25) is 0 Å². The zero-order valence-electron chi connectivity index (χ0n) is 15.6. The molecule has 3 rings (SSSR count). The van der Waals surface area contributed by atoms with Crippen LogP contribution < -0.4 is 4.90 Å². The fourth-order valence-corrected chi connectivity index (χ4v) is 4.99. The van der Waals surface area contributed by atoms with Gasteiger partial charge in [0, 0.05) is 26.2 Å². The number of carbonyl (C=O) groups excluding carboxylic acids is 1. The van der Waals surface area contributed by atoms with Gasteiger partial charge in [-0.05, 0) is 32.9 Å². The highest BCUT2D eigenvalue weighted by Gasteiger charge is 2.33. The first kappa shape index (κ1) is 19.4. The minimum absolute atomic E-state index is 0.142. The van der Waals surface area contributed by atoms with E-state index in [0.717, 1.165) is 5.69 Å². The van der Waals surface area contributed by atoms with Gasteiger partial charge < -0.3 is 14.2 Å². The topological polar surface area (TPSA) is 93.0 Å². The standard InChI is InChI=1S/C18H23N3O5S/c1-4-25-18(22)15-7-5-6-8-16(15)20-9-11-21(12-10-20)27(23,24)17-13(2)19-26-14(17)3/h5-8H,4,9-12H2,1-3H3. The first-order valence-electron chi connectivity index (χ1n) is 8.80. The van der Waals surface area contributed by atoms with Gasteiger partial charge in [0.1, 0.15) is 10.6 Å². The summed E-state index contributed by atoms with van der Waals surface area (Å²) < 4.78 is 37.4. The molecule has 0 aliphatic carbocycles. The molecule has 0 radical (unpaired) electrons. The number of anilines is 1. The van der Waals surface area contributed by atoms with Crippen molar-refractivity contribution in [2.24, 2.45) is 0 Å². The van der Waals surface area contributed by atoms with Gasteiger partial charge in [0.15, 0.2) is 5.76 Å². The van der Waals surface area contributed by atoms with Crippen LogP contribution in [0.4, 0.5) is 5.69 Å². The highest BCUT2D eigenvalue weighted by atomic mass is 32.2. The Balaban J connectivity index is 1.78. The van der Waals surface area contributed by atoms with E-state index in [1.165, 1.54) is 4.31 Å². The fourth-order valence-electron chi connectivity index (χ4n) is 3.27. The van der Waals surface area contributed by atoms with E-state index < -0.39 is 10.0 Å². The lowest BCUT2D eigenvalue weighted by Crippen LogP contribution is -2.49. The quantitative estimate of drug-likeness (QED) is 0.717. The van der Waals surface area contributed by atoms with Crippen molar-refractivity contribution in [3.8, 4) is 0 Å². The van der Waals surface area contributed by atoms with Crippen LogP contribution in [-0.2, 0) is 14.8 Å². The number of carbonyl (C=O) groups is 1. The van der Waals surface area contributed by atoms with Gasteiger partial charge in [0.05, 0.1) is 17.9 Å². The predicted molar refractivity (Wildman–Crippen MR) is 99.3 cm³/mol. The number of nitrogens with zero attached hydrogens (tertiary/aromatic N) is 3. The normalized spacial score (nSPS) is 15.7. The van der Waals surface area contributed by atoms with Crippen LogP contribution in [-0.4, -0.2) is 56.6 Å². The summed E-state index contributed by atoms with van der Waals surface area (Å²) >= 11 is 0. The molecule has 146 valence electrons. The molecule has 1 fully saturated rings. The van der Waals surface area contributed by atoms with Gasteiger partial charge in [-0.1, -0.05) is 17.3 Å². The van der Waals surface area contributed by atoms with E-state index in [4.69, 9.17) is 9.26 Å². The van der Waals surface area contributed by atoms with Crippen LogP contribution in [0.25, 0.3) is 0 Å². The molecule has 0 spiro atoms. The Hall–Kier alpha value is -2.39. The molecule has 2 aromatic rings. The number of aromatic nitrogens is 1. The van der Waals surface area contributed by atoms with Gasteiger partial charge in [0.2, 0.25) is 10.0 Å². The molecule has 1 aliphatic heterocycles. The summed E-state index contributed by atoms with van der Waals surface area (Å²) in [6.07, 6.45) is 0. The minimum atomic E-state index is -3.66. The minimum Gasteiger partial charge on any atom is -0.462 e. The molecule has 1 aromatic heterocycles. The molecule has 9 heteroatoms. The Labute approximate surface area is 158 Å². The maximum absolute atomic E-state index is 12.9. The molecule has 0 atom stereocenters. The number of aryl methyl sites for hydroxylation is 2. The van der Waals surface area contributed by atoms with Crippen molar-refractivity contribution in [1.82, 2.24) is 9.46 Å². The number of esters is 1. The van der Waals surface area contributed by atoms with Crippen molar-refractivity contribution < 1.29 is 22.5 Å². The van der Waals surface area contributed by atoms with Crippen LogP contribution >= 0.6 is 0 Å². The van der Waals surface area contributed by atoms with E-state index in [-0.39, 0.29) is 10.9 Å². The van der Waals surface area contributed by atoms with Crippen molar-refractivity contribution >= 4 is 21.7 Å². The fraction of sp³-hybridized carbons (Fsp3) is 0.444. The predicted octanol–water partition coefficient (Wildman–Crippen LogP) is 1.98. The molecular weight excluding hydrogens is 370 g/mol. The number of sulfonamides is 1. The SMILES string of the molecule is CCOC(=O)c1ccccc1N1CCN(S(=O)(=O)c2c(C)noc2C)CC1. The van der Waals surface area contributed by atoms with Crippen LogP contribution in [0.5, 0.6) is 0 Å². The molecular formula is C18H23N3O5S. The second-order valence-electron chi connectivity index (χ2n) is 6.28. The molecule has 1 aliphatic rings. The van der Waals surface area contributed by atoms with Crippen LogP contribution in [0.3, 0.4) is 0 Å². The maximum Gasteiger partial charge on any atom is 0.340 e. The summed E-state index contributed by atoms with van der Waals surface area (Å²) in [5.74, 6) is -0.0820. The number of benzene rings is 1. The lowest BCUT2D eigenvalue weighted by atomic mass is 10.1. The Morgan fingerprint density at radius 1 is 1.19 bits per heavy atom. The van der Waals surface area contributed by atoms with Crippen molar-refractivity contribution in [2.75, 3.05) is 37.7 Å². The molecule has 0 N–H and O–H groups in total. The Morgan fingerprint density at radius 2 is 1.85 bits per heavy atom.